The van der Waals surface area contributed by atoms with Crippen molar-refractivity contribution < 1.29 is 14.7 Å². The van der Waals surface area contributed by atoms with Crippen molar-refractivity contribution in [3.63, 3.8) is 0 Å². The third-order valence-corrected chi connectivity index (χ3v) is 2.06. The van der Waals surface area contributed by atoms with E-state index in [0.717, 1.165) is 0 Å². The number of carbonyl (C=O) groups excluding carboxylic acids is 1. The van der Waals surface area contributed by atoms with Crippen LogP contribution in [-0.4, -0.2) is 35.1 Å². The van der Waals surface area contributed by atoms with Gasteiger partial charge >= 0.3 is 5.97 Å². The van der Waals surface area contributed by atoms with Crippen LogP contribution in [0, 0.1) is 0 Å². The van der Waals surface area contributed by atoms with Crippen LogP contribution in [-0.2, 0) is 4.79 Å². The maximum Gasteiger partial charge on any atom is 0.337 e. The molecule has 1 aromatic rings. The predicted octanol–water partition coefficient (Wildman–Crippen LogP) is 0.326. The van der Waals surface area contributed by atoms with Gasteiger partial charge in [0, 0.05) is 13.2 Å². The van der Waals surface area contributed by atoms with Crippen molar-refractivity contribution in [1.82, 2.24) is 10.3 Å². The summed E-state index contributed by atoms with van der Waals surface area (Å²) in [5, 5.41) is 14.2. The molecule has 1 rings (SSSR count). The van der Waals surface area contributed by atoms with Crippen LogP contribution in [0.5, 0.6) is 0 Å². The van der Waals surface area contributed by atoms with E-state index in [0.29, 0.717) is 5.69 Å². The minimum atomic E-state index is -1.06. The van der Waals surface area contributed by atoms with E-state index in [1.165, 1.54) is 25.5 Å². The van der Waals surface area contributed by atoms with Crippen molar-refractivity contribution in [2.45, 2.75) is 13.0 Å². The van der Waals surface area contributed by atoms with Gasteiger partial charge in [0.05, 0.1) is 17.4 Å². The molecule has 6 heteroatoms. The first kappa shape index (κ1) is 12.0. The zero-order valence-electron chi connectivity index (χ0n) is 9.02. The minimum absolute atomic E-state index is 0.0887. The molecule has 1 heterocycles. The summed E-state index contributed by atoms with van der Waals surface area (Å²) in [6, 6.07) is 0.855. The first-order valence-corrected chi connectivity index (χ1v) is 4.71. The number of hydrogen-bond donors (Lipinski definition) is 3. The van der Waals surface area contributed by atoms with Gasteiger partial charge in [0.1, 0.15) is 6.04 Å². The Morgan fingerprint density at radius 2 is 2.19 bits per heavy atom. The molecule has 16 heavy (non-hydrogen) atoms. The molecule has 3 N–H and O–H groups in total. The second-order valence-corrected chi connectivity index (χ2v) is 3.21. The Kier molecular flexibility index (Phi) is 3.82. The number of pyridine rings is 1. The number of carboxylic acid groups (broad SMARTS) is 1. The summed E-state index contributed by atoms with van der Waals surface area (Å²) in [6.07, 6.45) is 2.77. The Morgan fingerprint density at radius 1 is 1.50 bits per heavy atom. The van der Waals surface area contributed by atoms with Gasteiger partial charge in [0.15, 0.2) is 0 Å². The summed E-state index contributed by atoms with van der Waals surface area (Å²) < 4.78 is 0. The fourth-order valence-corrected chi connectivity index (χ4v) is 1.21. The normalized spacial score (nSPS) is 11.6. The van der Waals surface area contributed by atoms with Crippen LogP contribution in [0.25, 0.3) is 0 Å². The number of aromatic carboxylic acids is 1. The van der Waals surface area contributed by atoms with Crippen molar-refractivity contribution in [1.29, 1.82) is 0 Å². The quantitative estimate of drug-likeness (QED) is 0.684. The number of amides is 1. The zero-order valence-corrected chi connectivity index (χ0v) is 9.02. The lowest BCUT2D eigenvalue weighted by Crippen LogP contribution is -2.35. The SMILES string of the molecule is CNC(=O)C(C)Nc1cnccc1C(=O)O. The predicted molar refractivity (Wildman–Crippen MR) is 58.3 cm³/mol. The summed E-state index contributed by atoms with van der Waals surface area (Å²) in [7, 11) is 1.52. The second kappa shape index (κ2) is 5.11. The molecule has 0 aliphatic carbocycles. The Hall–Kier alpha value is -2.11. The third-order valence-electron chi connectivity index (χ3n) is 2.06. The van der Waals surface area contributed by atoms with E-state index in [1.54, 1.807) is 6.92 Å². The molecule has 0 spiro atoms. The lowest BCUT2D eigenvalue weighted by atomic mass is 10.2. The monoisotopic (exact) mass is 223 g/mol. The molecule has 0 radical (unpaired) electrons. The van der Waals surface area contributed by atoms with Crippen LogP contribution < -0.4 is 10.6 Å². The number of hydrogen-bond acceptors (Lipinski definition) is 4. The van der Waals surface area contributed by atoms with E-state index in [1.807, 2.05) is 0 Å². The van der Waals surface area contributed by atoms with Crippen LogP contribution in [0.2, 0.25) is 0 Å². The standard InChI is InChI=1S/C10H13N3O3/c1-6(9(14)11-2)13-8-5-12-4-3-7(8)10(15)16/h3-6,13H,1-2H3,(H,11,14)(H,15,16). The highest BCUT2D eigenvalue weighted by Gasteiger charge is 2.15. The highest BCUT2D eigenvalue weighted by atomic mass is 16.4. The molecule has 1 aromatic heterocycles. The smallest absolute Gasteiger partial charge is 0.337 e. The maximum absolute atomic E-state index is 11.3. The Balaban J connectivity index is 2.88. The average Bonchev–Trinajstić information content (AvgIpc) is 2.28. The Labute approximate surface area is 92.7 Å². The molecule has 0 fully saturated rings. The maximum atomic E-state index is 11.3. The molecule has 0 saturated carbocycles. The summed E-state index contributed by atoms with van der Waals surface area (Å²) in [5.41, 5.74) is 0.414. The molecular weight excluding hydrogens is 210 g/mol. The molecule has 6 nitrogen and oxygen atoms in total. The van der Waals surface area contributed by atoms with E-state index in [4.69, 9.17) is 5.11 Å². The fraction of sp³-hybridized carbons (Fsp3) is 0.300. The van der Waals surface area contributed by atoms with E-state index in [9.17, 15) is 9.59 Å². The van der Waals surface area contributed by atoms with Crippen LogP contribution in [0.15, 0.2) is 18.5 Å². The largest absolute Gasteiger partial charge is 0.478 e. The number of aromatic nitrogens is 1. The summed E-state index contributed by atoms with van der Waals surface area (Å²) >= 11 is 0. The van der Waals surface area contributed by atoms with Gasteiger partial charge in [-0.25, -0.2) is 4.79 Å². The summed E-state index contributed by atoms with van der Waals surface area (Å²) in [5.74, 6) is -1.28. The number of nitrogens with one attached hydrogen (secondary N) is 2. The second-order valence-electron chi connectivity index (χ2n) is 3.21. The van der Waals surface area contributed by atoms with Gasteiger partial charge in [-0.2, -0.15) is 0 Å². The first-order chi connectivity index (χ1) is 7.56. The molecule has 1 amide bonds. The van der Waals surface area contributed by atoms with Crippen LogP contribution in [0.4, 0.5) is 5.69 Å². The van der Waals surface area contributed by atoms with Gasteiger partial charge < -0.3 is 15.7 Å². The topological polar surface area (TPSA) is 91.3 Å². The minimum Gasteiger partial charge on any atom is -0.478 e. The third kappa shape index (κ3) is 2.69. The van der Waals surface area contributed by atoms with Crippen molar-refractivity contribution in [3.05, 3.63) is 24.0 Å². The van der Waals surface area contributed by atoms with Crippen molar-refractivity contribution in [3.8, 4) is 0 Å². The molecule has 1 atom stereocenters. The van der Waals surface area contributed by atoms with Gasteiger partial charge in [-0.3, -0.25) is 9.78 Å². The van der Waals surface area contributed by atoms with E-state index in [-0.39, 0.29) is 11.5 Å². The zero-order chi connectivity index (χ0) is 12.1. The van der Waals surface area contributed by atoms with Gasteiger partial charge in [-0.1, -0.05) is 0 Å². The van der Waals surface area contributed by atoms with Crippen LogP contribution in [0.3, 0.4) is 0 Å². The molecule has 1 unspecified atom stereocenters. The number of rotatable bonds is 4. The average molecular weight is 223 g/mol. The lowest BCUT2D eigenvalue weighted by molar-refractivity contribution is -0.121. The molecule has 0 aliphatic heterocycles. The molecular formula is C10H13N3O3. The fourth-order valence-electron chi connectivity index (χ4n) is 1.21. The molecule has 86 valence electrons. The number of carboxylic acids is 1. The van der Waals surface area contributed by atoms with Gasteiger partial charge in [-0.15, -0.1) is 0 Å². The molecule has 0 aliphatic rings. The van der Waals surface area contributed by atoms with E-state index in [2.05, 4.69) is 15.6 Å². The van der Waals surface area contributed by atoms with Crippen molar-refractivity contribution >= 4 is 17.6 Å². The van der Waals surface area contributed by atoms with E-state index >= 15 is 0 Å². The summed E-state index contributed by atoms with van der Waals surface area (Å²) in [4.78, 5) is 25.9. The van der Waals surface area contributed by atoms with Gasteiger partial charge in [-0.05, 0) is 13.0 Å². The van der Waals surface area contributed by atoms with Crippen molar-refractivity contribution in [2.24, 2.45) is 0 Å². The Morgan fingerprint density at radius 3 is 2.75 bits per heavy atom. The van der Waals surface area contributed by atoms with Crippen LogP contribution in [0.1, 0.15) is 17.3 Å². The first-order valence-electron chi connectivity index (χ1n) is 4.71. The molecule has 0 aromatic carbocycles. The highest BCUT2D eigenvalue weighted by molar-refractivity contribution is 5.95. The number of nitrogens with zero attached hydrogens (tertiary/aromatic N) is 1. The lowest BCUT2D eigenvalue weighted by Gasteiger charge is -2.14. The van der Waals surface area contributed by atoms with Gasteiger partial charge in [0.25, 0.3) is 0 Å². The number of anilines is 1. The van der Waals surface area contributed by atoms with E-state index < -0.39 is 12.0 Å². The highest BCUT2D eigenvalue weighted by Crippen LogP contribution is 2.14. The number of carbonyl (C=O) groups is 2. The molecule has 0 saturated heterocycles. The number of likely N-dealkylation sites (N-methyl/N-ethyl adjacent to an activating group) is 1. The Bertz CT molecular complexity index is 406. The van der Waals surface area contributed by atoms with Crippen molar-refractivity contribution in [2.75, 3.05) is 12.4 Å². The van der Waals surface area contributed by atoms with Crippen LogP contribution >= 0.6 is 0 Å². The van der Waals surface area contributed by atoms with Gasteiger partial charge in [0.2, 0.25) is 5.91 Å². The molecule has 0 bridgehead atoms. The summed E-state index contributed by atoms with van der Waals surface area (Å²) in [6.45, 7) is 1.64.